The number of carbonyl (C=O) groups is 1. The summed E-state index contributed by atoms with van der Waals surface area (Å²) in [5, 5.41) is 17.0. The molecule has 0 fully saturated rings. The fraction of sp³-hybridized carbons (Fsp3) is 0.300. The van der Waals surface area contributed by atoms with Crippen LogP contribution in [-0.4, -0.2) is 16.2 Å². The number of aliphatic carboxylic acids is 1. The summed E-state index contributed by atoms with van der Waals surface area (Å²) < 4.78 is 0. The molecule has 3 nitrogen and oxygen atoms in total. The van der Waals surface area contributed by atoms with Crippen LogP contribution >= 0.6 is 0 Å². The summed E-state index contributed by atoms with van der Waals surface area (Å²) in [5.41, 5.74) is 0. The maximum absolute atomic E-state index is 10.1. The van der Waals surface area contributed by atoms with Crippen molar-refractivity contribution < 1.29 is 15.0 Å². The van der Waals surface area contributed by atoms with Crippen LogP contribution in [0.1, 0.15) is 19.3 Å². The zero-order valence-corrected chi connectivity index (χ0v) is 7.44. The Morgan fingerprint density at radius 3 is 2.54 bits per heavy atom. The van der Waals surface area contributed by atoms with Gasteiger partial charge in [-0.15, -0.1) is 6.58 Å². The van der Waals surface area contributed by atoms with E-state index >= 15 is 0 Å². The molecule has 0 rings (SSSR count). The molecule has 72 valence electrons. The van der Waals surface area contributed by atoms with E-state index in [1.54, 1.807) is 0 Å². The summed E-state index contributed by atoms with van der Waals surface area (Å²) in [6.07, 6.45) is 9.12. The Morgan fingerprint density at radius 2 is 2.00 bits per heavy atom. The Kier molecular flexibility index (Phi) is 6.32. The van der Waals surface area contributed by atoms with E-state index < -0.39 is 11.7 Å². The molecule has 0 aliphatic rings. The molecule has 0 unspecified atom stereocenters. The summed E-state index contributed by atoms with van der Waals surface area (Å²) in [6.45, 7) is 3.58. The van der Waals surface area contributed by atoms with Gasteiger partial charge in [0.25, 0.3) is 0 Å². The minimum Gasteiger partial charge on any atom is -0.502 e. The van der Waals surface area contributed by atoms with Gasteiger partial charge in [0.05, 0.1) is 0 Å². The van der Waals surface area contributed by atoms with Gasteiger partial charge in [0.15, 0.2) is 0 Å². The number of carboxylic acids is 1. The number of aliphatic hydroxyl groups excluding tert-OH is 1. The first kappa shape index (κ1) is 11.5. The lowest BCUT2D eigenvalue weighted by Gasteiger charge is -1.88. The van der Waals surface area contributed by atoms with Gasteiger partial charge in [0, 0.05) is 0 Å². The second-order valence-corrected chi connectivity index (χ2v) is 2.50. The summed E-state index contributed by atoms with van der Waals surface area (Å²) >= 11 is 0. The van der Waals surface area contributed by atoms with Gasteiger partial charge in [0.2, 0.25) is 5.76 Å². The standard InChI is InChI=1S/C10H14O3/c1-2-3-4-5-6-7-8-9(11)10(12)13/h2,6-8,11H,1,3-5H2,(H,12,13). The normalized spacial score (nSPS) is 11.8. The van der Waals surface area contributed by atoms with Crippen molar-refractivity contribution in [1.82, 2.24) is 0 Å². The molecule has 0 spiro atoms. The highest BCUT2D eigenvalue weighted by molar-refractivity contribution is 5.83. The van der Waals surface area contributed by atoms with Crippen molar-refractivity contribution in [3.8, 4) is 0 Å². The molecule has 0 aromatic heterocycles. The van der Waals surface area contributed by atoms with E-state index in [0.29, 0.717) is 0 Å². The number of aliphatic hydroxyl groups is 1. The highest BCUT2D eigenvalue weighted by atomic mass is 16.4. The molecule has 0 radical (unpaired) electrons. The number of carboxylic acid groups (broad SMARTS) is 1. The molecular formula is C10H14O3. The van der Waals surface area contributed by atoms with Gasteiger partial charge < -0.3 is 10.2 Å². The van der Waals surface area contributed by atoms with Crippen molar-refractivity contribution in [2.75, 3.05) is 0 Å². The van der Waals surface area contributed by atoms with E-state index in [2.05, 4.69) is 6.58 Å². The van der Waals surface area contributed by atoms with Crippen LogP contribution in [0.3, 0.4) is 0 Å². The average molecular weight is 182 g/mol. The van der Waals surface area contributed by atoms with Crippen molar-refractivity contribution in [1.29, 1.82) is 0 Å². The summed E-state index contributed by atoms with van der Waals surface area (Å²) in [4.78, 5) is 10.1. The molecule has 3 heteroatoms. The van der Waals surface area contributed by atoms with Gasteiger partial charge in [-0.25, -0.2) is 4.79 Å². The maximum atomic E-state index is 10.1. The summed E-state index contributed by atoms with van der Waals surface area (Å²) in [5.74, 6) is -1.95. The van der Waals surface area contributed by atoms with Crippen LogP contribution in [0.4, 0.5) is 0 Å². The van der Waals surface area contributed by atoms with Crippen LogP contribution in [0.5, 0.6) is 0 Å². The van der Waals surface area contributed by atoms with Gasteiger partial charge in [0.1, 0.15) is 0 Å². The molecule has 0 saturated heterocycles. The predicted octanol–water partition coefficient (Wildman–Crippen LogP) is 2.43. The number of unbranched alkanes of at least 4 members (excludes halogenated alkanes) is 2. The first-order valence-corrected chi connectivity index (χ1v) is 4.08. The Labute approximate surface area is 77.7 Å². The van der Waals surface area contributed by atoms with E-state index in [1.165, 1.54) is 6.08 Å². The van der Waals surface area contributed by atoms with E-state index in [-0.39, 0.29) is 0 Å². The van der Waals surface area contributed by atoms with Crippen LogP contribution in [0.25, 0.3) is 0 Å². The molecule has 0 aliphatic carbocycles. The molecule has 0 bridgehead atoms. The zero-order chi connectivity index (χ0) is 10.1. The lowest BCUT2D eigenvalue weighted by Crippen LogP contribution is -1.97. The third-order valence-electron chi connectivity index (χ3n) is 1.39. The van der Waals surface area contributed by atoms with Gasteiger partial charge in [-0.3, -0.25) is 0 Å². The van der Waals surface area contributed by atoms with Crippen LogP contribution < -0.4 is 0 Å². The van der Waals surface area contributed by atoms with Crippen LogP contribution in [0.2, 0.25) is 0 Å². The Morgan fingerprint density at radius 1 is 1.31 bits per heavy atom. The van der Waals surface area contributed by atoms with Crippen LogP contribution in [-0.2, 0) is 4.79 Å². The second-order valence-electron chi connectivity index (χ2n) is 2.50. The maximum Gasteiger partial charge on any atom is 0.370 e. The van der Waals surface area contributed by atoms with E-state index in [9.17, 15) is 4.79 Å². The minimum absolute atomic E-state index is 0.639. The number of allylic oxidation sites excluding steroid dienone is 4. The zero-order valence-electron chi connectivity index (χ0n) is 7.44. The molecule has 2 N–H and O–H groups in total. The minimum atomic E-state index is -1.31. The lowest BCUT2D eigenvalue weighted by atomic mass is 10.2. The molecule has 0 amide bonds. The average Bonchev–Trinajstić information content (AvgIpc) is 2.10. The Bertz CT molecular complexity index is 226. The molecule has 0 aliphatic heterocycles. The number of rotatable bonds is 6. The first-order valence-electron chi connectivity index (χ1n) is 4.08. The Hall–Kier alpha value is -1.51. The molecule has 0 aromatic rings. The van der Waals surface area contributed by atoms with Gasteiger partial charge in [-0.2, -0.15) is 0 Å². The molecule has 0 aromatic carbocycles. The lowest BCUT2D eigenvalue weighted by molar-refractivity contribution is -0.135. The highest BCUT2D eigenvalue weighted by Gasteiger charge is 1.99. The third-order valence-corrected chi connectivity index (χ3v) is 1.39. The predicted molar refractivity (Wildman–Crippen MR) is 51.5 cm³/mol. The molecule has 0 atom stereocenters. The quantitative estimate of drug-likeness (QED) is 0.218. The largest absolute Gasteiger partial charge is 0.502 e. The highest BCUT2D eigenvalue weighted by Crippen LogP contribution is 1.97. The molecule has 13 heavy (non-hydrogen) atoms. The fourth-order valence-corrected chi connectivity index (χ4v) is 0.707. The monoisotopic (exact) mass is 182 g/mol. The van der Waals surface area contributed by atoms with Gasteiger partial charge in [-0.1, -0.05) is 18.2 Å². The molecular weight excluding hydrogens is 168 g/mol. The van der Waals surface area contributed by atoms with Crippen molar-refractivity contribution in [2.24, 2.45) is 0 Å². The Balaban J connectivity index is 3.67. The van der Waals surface area contributed by atoms with Crippen molar-refractivity contribution in [2.45, 2.75) is 19.3 Å². The number of hydrogen-bond acceptors (Lipinski definition) is 2. The van der Waals surface area contributed by atoms with Gasteiger partial charge >= 0.3 is 5.97 Å². The van der Waals surface area contributed by atoms with Crippen molar-refractivity contribution >= 4 is 5.97 Å². The topological polar surface area (TPSA) is 57.5 Å². The molecule has 0 saturated carbocycles. The third kappa shape index (κ3) is 6.87. The fourth-order valence-electron chi connectivity index (χ4n) is 0.707. The summed E-state index contributed by atoms with van der Waals surface area (Å²) in [6, 6.07) is 0. The number of hydrogen-bond donors (Lipinski definition) is 2. The van der Waals surface area contributed by atoms with Crippen LogP contribution in [0, 0.1) is 0 Å². The van der Waals surface area contributed by atoms with Gasteiger partial charge in [-0.05, 0) is 25.3 Å². The summed E-state index contributed by atoms with van der Waals surface area (Å²) in [7, 11) is 0. The SMILES string of the molecule is C=CCCCC=CC=C(O)C(=O)O. The van der Waals surface area contributed by atoms with Crippen LogP contribution in [0.15, 0.2) is 36.6 Å². The second kappa shape index (κ2) is 7.16. The van der Waals surface area contributed by atoms with E-state index in [0.717, 1.165) is 25.3 Å². The van der Waals surface area contributed by atoms with Crippen molar-refractivity contribution in [3.05, 3.63) is 36.6 Å². The van der Waals surface area contributed by atoms with Crippen molar-refractivity contribution in [3.63, 3.8) is 0 Å². The van der Waals surface area contributed by atoms with E-state index in [4.69, 9.17) is 10.2 Å². The smallest absolute Gasteiger partial charge is 0.370 e. The first-order chi connectivity index (χ1) is 6.18. The van der Waals surface area contributed by atoms with E-state index in [1.807, 2.05) is 12.2 Å². The molecule has 0 heterocycles.